The Kier molecular flexibility index (Phi) is 3.49. The lowest BCUT2D eigenvalue weighted by molar-refractivity contribution is 0.389. The molecule has 0 aliphatic carbocycles. The monoisotopic (exact) mass is 326 g/mol. The number of hydrogen-bond acceptors (Lipinski definition) is 3. The van der Waals surface area contributed by atoms with Crippen LogP contribution in [0.5, 0.6) is 0 Å². The van der Waals surface area contributed by atoms with Gasteiger partial charge in [0, 0.05) is 12.2 Å². The first-order chi connectivity index (χ1) is 9.93. The second-order valence-electron chi connectivity index (χ2n) is 5.28. The van der Waals surface area contributed by atoms with Crippen molar-refractivity contribution in [2.45, 2.75) is 12.1 Å². The van der Waals surface area contributed by atoms with Gasteiger partial charge in [-0.3, -0.25) is 0 Å². The molecule has 0 bridgehead atoms. The summed E-state index contributed by atoms with van der Waals surface area (Å²) in [5.41, 5.74) is 0.722. The van der Waals surface area contributed by atoms with Crippen molar-refractivity contribution in [3.05, 3.63) is 42.7 Å². The maximum Gasteiger partial charge on any atom is 0.177 e. The predicted octanol–water partition coefficient (Wildman–Crippen LogP) is 1.58. The molecule has 0 spiro atoms. The molecule has 1 aromatic carbocycles. The van der Waals surface area contributed by atoms with Crippen molar-refractivity contribution >= 4 is 32.9 Å². The quantitative estimate of drug-likeness (QED) is 0.623. The highest BCUT2D eigenvalue weighted by atomic mass is 32.2. The molecule has 2 atom stereocenters. The molecule has 0 radical (unpaired) electrons. The maximum atomic E-state index is 13.1. The minimum Gasteiger partial charge on any atom is -0.339 e. The van der Waals surface area contributed by atoms with E-state index >= 15 is 0 Å². The summed E-state index contributed by atoms with van der Waals surface area (Å²) in [5.74, 6) is -0.158. The van der Waals surface area contributed by atoms with Gasteiger partial charge >= 0.3 is 0 Å². The summed E-state index contributed by atoms with van der Waals surface area (Å²) in [6.45, 7) is 4.21. The lowest BCUT2D eigenvalue weighted by Gasteiger charge is -2.24. The highest BCUT2D eigenvalue weighted by molar-refractivity contribution is 7.91. The lowest BCUT2D eigenvalue weighted by atomic mass is 10.1. The third kappa shape index (κ3) is 2.44. The van der Waals surface area contributed by atoms with Gasteiger partial charge in [0.15, 0.2) is 14.9 Å². The Labute approximate surface area is 128 Å². The molecule has 0 amide bonds. The third-order valence-electron chi connectivity index (χ3n) is 3.91. The Morgan fingerprint density at radius 3 is 2.52 bits per heavy atom. The zero-order valence-corrected chi connectivity index (χ0v) is 12.9. The van der Waals surface area contributed by atoms with Crippen LogP contribution in [0.2, 0.25) is 0 Å². The van der Waals surface area contributed by atoms with Crippen LogP contribution in [0.15, 0.2) is 36.9 Å². The summed E-state index contributed by atoms with van der Waals surface area (Å²) in [7, 11) is -3.08. The van der Waals surface area contributed by atoms with E-state index in [1.807, 2.05) is 9.80 Å². The van der Waals surface area contributed by atoms with Gasteiger partial charge in [0.25, 0.3) is 0 Å². The molecule has 2 heterocycles. The lowest BCUT2D eigenvalue weighted by Crippen LogP contribution is -2.37. The minimum absolute atomic E-state index is 0.0722. The van der Waals surface area contributed by atoms with Gasteiger partial charge in [-0.15, -0.1) is 6.58 Å². The molecule has 21 heavy (non-hydrogen) atoms. The molecule has 2 aliphatic rings. The van der Waals surface area contributed by atoms with Crippen molar-refractivity contribution in [2.75, 3.05) is 23.0 Å². The van der Waals surface area contributed by atoms with Crippen molar-refractivity contribution in [3.8, 4) is 0 Å². The van der Waals surface area contributed by atoms with E-state index in [-0.39, 0.29) is 29.4 Å². The van der Waals surface area contributed by atoms with Crippen LogP contribution in [0, 0.1) is 5.82 Å². The Morgan fingerprint density at radius 2 is 1.90 bits per heavy atom. The van der Waals surface area contributed by atoms with E-state index in [1.165, 1.54) is 12.1 Å². The zero-order chi connectivity index (χ0) is 15.2. The summed E-state index contributed by atoms with van der Waals surface area (Å²) >= 11 is 5.49. The van der Waals surface area contributed by atoms with E-state index in [0.29, 0.717) is 11.7 Å². The molecule has 0 unspecified atom stereocenters. The molecule has 3 rings (SSSR count). The number of rotatable bonds is 3. The third-order valence-corrected chi connectivity index (χ3v) is 6.04. The number of thiocarbonyl (C=S) groups is 1. The summed E-state index contributed by atoms with van der Waals surface area (Å²) in [5, 5.41) is 0.575. The van der Waals surface area contributed by atoms with Gasteiger partial charge in [0.05, 0.1) is 23.6 Å². The van der Waals surface area contributed by atoms with Gasteiger partial charge in [0.1, 0.15) is 5.82 Å². The van der Waals surface area contributed by atoms with E-state index in [2.05, 4.69) is 6.58 Å². The smallest absolute Gasteiger partial charge is 0.177 e. The Morgan fingerprint density at radius 1 is 1.29 bits per heavy atom. The van der Waals surface area contributed by atoms with Crippen LogP contribution in [0.4, 0.5) is 10.1 Å². The summed E-state index contributed by atoms with van der Waals surface area (Å²) in [6, 6.07) is 5.58. The molecule has 1 aromatic rings. The molecule has 4 nitrogen and oxygen atoms in total. The molecule has 0 N–H and O–H groups in total. The van der Waals surface area contributed by atoms with Crippen LogP contribution in [0.25, 0.3) is 0 Å². The van der Waals surface area contributed by atoms with Crippen molar-refractivity contribution < 1.29 is 12.8 Å². The van der Waals surface area contributed by atoms with E-state index in [9.17, 15) is 12.8 Å². The molecule has 2 saturated heterocycles. The fourth-order valence-corrected chi connectivity index (χ4v) is 5.43. The van der Waals surface area contributed by atoms with Crippen LogP contribution >= 0.6 is 12.2 Å². The molecule has 0 aromatic heterocycles. The molecule has 2 fully saturated rings. The number of sulfone groups is 1. The number of halogens is 1. The van der Waals surface area contributed by atoms with Crippen molar-refractivity contribution in [1.29, 1.82) is 0 Å². The highest BCUT2D eigenvalue weighted by Gasteiger charge is 2.51. The normalized spacial score (nSPS) is 27.0. The number of nitrogens with zero attached hydrogens (tertiary/aromatic N) is 2. The number of benzene rings is 1. The molecular formula is C14H15FN2O2S2. The van der Waals surface area contributed by atoms with Gasteiger partial charge in [0.2, 0.25) is 0 Å². The molecule has 112 valence electrons. The van der Waals surface area contributed by atoms with Crippen LogP contribution in [-0.4, -0.2) is 48.6 Å². The Bertz CT molecular complexity index is 687. The average molecular weight is 326 g/mol. The first-order valence-electron chi connectivity index (χ1n) is 6.59. The van der Waals surface area contributed by atoms with E-state index < -0.39 is 9.84 Å². The van der Waals surface area contributed by atoms with Gasteiger partial charge in [-0.25, -0.2) is 12.8 Å². The second-order valence-corrected chi connectivity index (χ2v) is 7.80. The molecule has 2 aliphatic heterocycles. The van der Waals surface area contributed by atoms with E-state index in [1.54, 1.807) is 18.2 Å². The van der Waals surface area contributed by atoms with Gasteiger partial charge < -0.3 is 9.80 Å². The summed E-state index contributed by atoms with van der Waals surface area (Å²) in [4.78, 5) is 3.72. The highest BCUT2D eigenvalue weighted by Crippen LogP contribution is 2.35. The minimum atomic E-state index is -3.08. The van der Waals surface area contributed by atoms with Gasteiger partial charge in [-0.05, 0) is 36.5 Å². The topological polar surface area (TPSA) is 40.6 Å². The van der Waals surface area contributed by atoms with Crippen LogP contribution in [-0.2, 0) is 9.84 Å². The maximum absolute atomic E-state index is 13.1. The van der Waals surface area contributed by atoms with Crippen LogP contribution in [0.1, 0.15) is 0 Å². The van der Waals surface area contributed by atoms with Crippen LogP contribution < -0.4 is 4.90 Å². The standard InChI is InChI=1S/C14H15FN2O2S2/c1-2-7-16-12-8-21(18,19)9-13(12)17(14(16)20)11-5-3-10(15)4-6-11/h2-6,12-13H,1,7-9H2/t12-,13-/m1/s1. The van der Waals surface area contributed by atoms with E-state index in [0.717, 1.165) is 5.69 Å². The fraction of sp³-hybridized carbons (Fsp3) is 0.357. The molecular weight excluding hydrogens is 311 g/mol. The second kappa shape index (κ2) is 5.06. The SMILES string of the molecule is C=CCN1C(=S)N(c2ccc(F)cc2)[C@@H]2CS(=O)(=O)C[C@H]21. The molecule has 7 heteroatoms. The first-order valence-corrected chi connectivity index (χ1v) is 8.82. The molecule has 0 saturated carbocycles. The summed E-state index contributed by atoms with van der Waals surface area (Å²) < 4.78 is 37.0. The van der Waals surface area contributed by atoms with Crippen molar-refractivity contribution in [3.63, 3.8) is 0 Å². The average Bonchev–Trinajstić information content (AvgIpc) is 2.84. The Hall–Kier alpha value is -1.47. The zero-order valence-electron chi connectivity index (χ0n) is 11.3. The van der Waals surface area contributed by atoms with E-state index in [4.69, 9.17) is 12.2 Å². The number of anilines is 1. The van der Waals surface area contributed by atoms with Crippen molar-refractivity contribution in [2.24, 2.45) is 0 Å². The van der Waals surface area contributed by atoms with Gasteiger partial charge in [-0.1, -0.05) is 6.08 Å². The largest absolute Gasteiger partial charge is 0.339 e. The van der Waals surface area contributed by atoms with Crippen molar-refractivity contribution in [1.82, 2.24) is 4.90 Å². The van der Waals surface area contributed by atoms with Gasteiger partial charge in [-0.2, -0.15) is 0 Å². The number of fused-ring (bicyclic) bond motifs is 1. The van der Waals surface area contributed by atoms with Crippen LogP contribution in [0.3, 0.4) is 0 Å². The summed E-state index contributed by atoms with van der Waals surface area (Å²) in [6.07, 6.45) is 1.71. The first kappa shape index (κ1) is 14.5. The predicted molar refractivity (Wildman–Crippen MR) is 84.6 cm³/mol. The Balaban J connectivity index is 2.01. The fourth-order valence-electron chi connectivity index (χ4n) is 3.03. The number of hydrogen-bond donors (Lipinski definition) is 0.